The number of carbonyl (C=O) groups excluding carboxylic acids is 6. The van der Waals surface area contributed by atoms with Gasteiger partial charge in [-0.2, -0.15) is 5.21 Å². The Morgan fingerprint density at radius 2 is 1.09 bits per heavy atom. The summed E-state index contributed by atoms with van der Waals surface area (Å²) in [6.45, 7) is 2.47. The van der Waals surface area contributed by atoms with Crippen molar-refractivity contribution in [3.63, 3.8) is 0 Å². The lowest BCUT2D eigenvalue weighted by molar-refractivity contribution is -0.143. The van der Waals surface area contributed by atoms with Gasteiger partial charge < -0.3 is 35.6 Å². The van der Waals surface area contributed by atoms with Gasteiger partial charge in [-0.05, 0) is 58.3 Å². The van der Waals surface area contributed by atoms with Crippen LogP contribution in [0.5, 0.6) is 0 Å². The van der Waals surface area contributed by atoms with Gasteiger partial charge in [0, 0.05) is 58.1 Å². The number of hydrogen-bond donors (Lipinski definition) is 6. The highest BCUT2D eigenvalue weighted by atomic mass is 32.2. The number of aliphatic carboxylic acids is 2. The van der Waals surface area contributed by atoms with Crippen LogP contribution in [-0.4, -0.2) is 143 Å². The molecule has 1 aromatic heterocycles. The van der Waals surface area contributed by atoms with Gasteiger partial charge in [-0.1, -0.05) is 82.3 Å². The summed E-state index contributed by atoms with van der Waals surface area (Å²) in [5, 5.41) is 40.4. The minimum Gasteiger partial charge on any atom is -0.480 e. The average molecular weight is 986 g/mol. The van der Waals surface area contributed by atoms with Crippen molar-refractivity contribution in [1.82, 2.24) is 36.6 Å². The fourth-order valence-corrected chi connectivity index (χ4v) is 8.51. The molecule has 0 fully saturated rings. The third kappa shape index (κ3) is 36.4. The number of aromatic amines is 1. The van der Waals surface area contributed by atoms with Crippen LogP contribution in [0, 0.1) is 0 Å². The fourth-order valence-electron chi connectivity index (χ4n) is 7.14. The smallest absolute Gasteiger partial charge is 0.326 e. The number of rotatable bonds is 47. The number of ketones is 3. The second-order valence-corrected chi connectivity index (χ2v) is 19.5. The standard InChI is InChI=1S/C46H79N7O14S/c1-36(54)34-67-32-31-66-30-18-21-37(55)25-26-39(45(60)61)49-44(59)28-27-40(46(62)63)48-43(58)23-16-13-17-29-47-42(57)24-19-33-68(64,65)35-38(56)20-14-11-9-7-5-3-2-4-6-8-10-12-15-22-41-50-52-53-51-41/h39-40H,2-35H2,1H3,(H,47,57)(H,48,58)(H,49,59)(H,60,61)(H,62,63)(H,50,51,52,53)/t39-,40-/m0/s1. The lowest BCUT2D eigenvalue weighted by Crippen LogP contribution is -2.44. The number of tetrazole rings is 1. The van der Waals surface area contributed by atoms with Crippen LogP contribution in [0.25, 0.3) is 0 Å². The Morgan fingerprint density at radius 3 is 1.68 bits per heavy atom. The molecule has 21 nitrogen and oxygen atoms in total. The van der Waals surface area contributed by atoms with Gasteiger partial charge in [0.1, 0.15) is 36.0 Å². The third-order valence-corrected chi connectivity index (χ3v) is 12.6. The number of H-pyrrole nitrogens is 1. The molecule has 388 valence electrons. The van der Waals surface area contributed by atoms with Gasteiger partial charge in [0.25, 0.3) is 0 Å². The number of amides is 3. The van der Waals surface area contributed by atoms with Gasteiger partial charge in [0.2, 0.25) is 17.7 Å². The predicted octanol–water partition coefficient (Wildman–Crippen LogP) is 4.32. The van der Waals surface area contributed by atoms with E-state index in [4.69, 9.17) is 9.47 Å². The van der Waals surface area contributed by atoms with Crippen LogP contribution in [-0.2, 0) is 64.1 Å². The van der Waals surface area contributed by atoms with Gasteiger partial charge in [-0.3, -0.25) is 28.8 Å². The zero-order valence-electron chi connectivity index (χ0n) is 40.2. The van der Waals surface area contributed by atoms with Gasteiger partial charge in [0.05, 0.1) is 19.0 Å². The van der Waals surface area contributed by atoms with E-state index in [1.54, 1.807) is 0 Å². The topological polar surface area (TPSA) is 320 Å². The number of ether oxygens (including phenoxy) is 2. The van der Waals surface area contributed by atoms with E-state index < -0.39 is 51.4 Å². The van der Waals surface area contributed by atoms with Crippen LogP contribution in [0.4, 0.5) is 0 Å². The van der Waals surface area contributed by atoms with Gasteiger partial charge in [-0.25, -0.2) is 18.0 Å². The molecule has 0 unspecified atom stereocenters. The number of nitrogens with one attached hydrogen (secondary N) is 4. The summed E-state index contributed by atoms with van der Waals surface area (Å²) in [6.07, 6.45) is 16.8. The maximum Gasteiger partial charge on any atom is 0.326 e. The largest absolute Gasteiger partial charge is 0.480 e. The number of nitrogens with zero attached hydrogens (tertiary/aromatic N) is 3. The number of hydrogen-bond acceptors (Lipinski definition) is 15. The molecular formula is C46H79N7O14S. The lowest BCUT2D eigenvalue weighted by atomic mass is 10.0. The molecular weight excluding hydrogens is 907 g/mol. The van der Waals surface area contributed by atoms with E-state index >= 15 is 0 Å². The Labute approximate surface area is 401 Å². The van der Waals surface area contributed by atoms with Crippen LogP contribution in [0.1, 0.15) is 180 Å². The van der Waals surface area contributed by atoms with E-state index in [9.17, 15) is 57.0 Å². The molecule has 3 amide bonds. The number of unbranched alkanes of at least 4 members (excludes halogenated alkanes) is 14. The molecule has 0 aromatic carbocycles. The zero-order chi connectivity index (χ0) is 50.3. The molecule has 0 bridgehead atoms. The summed E-state index contributed by atoms with van der Waals surface area (Å²) in [5.74, 6) is -4.95. The molecule has 0 saturated carbocycles. The maximum absolute atomic E-state index is 12.5. The number of carbonyl (C=O) groups is 8. The van der Waals surface area contributed by atoms with E-state index in [-0.39, 0.29) is 113 Å². The first-order valence-electron chi connectivity index (χ1n) is 24.5. The highest BCUT2D eigenvalue weighted by molar-refractivity contribution is 7.92. The van der Waals surface area contributed by atoms with Crippen LogP contribution >= 0.6 is 0 Å². The van der Waals surface area contributed by atoms with Crippen LogP contribution in [0.15, 0.2) is 0 Å². The monoisotopic (exact) mass is 986 g/mol. The van der Waals surface area contributed by atoms with Crippen molar-refractivity contribution in [2.45, 2.75) is 192 Å². The number of sulfone groups is 1. The summed E-state index contributed by atoms with van der Waals surface area (Å²) in [5.41, 5.74) is 0. The number of carboxylic acids is 2. The Hall–Kier alpha value is -4.70. The maximum atomic E-state index is 12.5. The first kappa shape index (κ1) is 61.3. The molecule has 0 radical (unpaired) electrons. The molecule has 0 saturated heterocycles. The minimum absolute atomic E-state index is 0.000113. The molecule has 6 N–H and O–H groups in total. The Morgan fingerprint density at radius 1 is 0.574 bits per heavy atom. The molecule has 1 aromatic rings. The van der Waals surface area contributed by atoms with Crippen LogP contribution in [0.3, 0.4) is 0 Å². The Bertz CT molecular complexity index is 1730. The van der Waals surface area contributed by atoms with Gasteiger partial charge >= 0.3 is 11.9 Å². The second kappa shape index (κ2) is 39.2. The molecule has 68 heavy (non-hydrogen) atoms. The van der Waals surface area contributed by atoms with Crippen molar-refractivity contribution < 1.29 is 66.5 Å². The zero-order valence-corrected chi connectivity index (χ0v) is 41.1. The third-order valence-electron chi connectivity index (χ3n) is 10.9. The van der Waals surface area contributed by atoms with Crippen LogP contribution in [0.2, 0.25) is 0 Å². The highest BCUT2D eigenvalue weighted by Crippen LogP contribution is 2.14. The molecule has 0 aliphatic heterocycles. The summed E-state index contributed by atoms with van der Waals surface area (Å²) in [7, 11) is -3.61. The summed E-state index contributed by atoms with van der Waals surface area (Å²) in [6, 6.07) is -2.76. The number of aromatic nitrogens is 4. The van der Waals surface area contributed by atoms with Crippen molar-refractivity contribution >= 4 is 56.8 Å². The fraction of sp³-hybridized carbons (Fsp3) is 0.804. The van der Waals surface area contributed by atoms with Gasteiger partial charge in [-0.15, -0.1) is 10.2 Å². The second-order valence-electron chi connectivity index (χ2n) is 17.3. The van der Waals surface area contributed by atoms with Crippen molar-refractivity contribution in [1.29, 1.82) is 0 Å². The van der Waals surface area contributed by atoms with Crippen molar-refractivity contribution in [2.24, 2.45) is 0 Å². The minimum atomic E-state index is -3.61. The quantitative estimate of drug-likeness (QED) is 0.0496. The van der Waals surface area contributed by atoms with Crippen molar-refractivity contribution in [3.8, 4) is 0 Å². The molecule has 1 heterocycles. The first-order valence-corrected chi connectivity index (χ1v) is 26.3. The van der Waals surface area contributed by atoms with E-state index in [1.807, 2.05) is 0 Å². The average Bonchev–Trinajstić information content (AvgIpc) is 3.80. The summed E-state index contributed by atoms with van der Waals surface area (Å²) < 4.78 is 35.3. The Kier molecular flexibility index (Phi) is 35.3. The highest BCUT2D eigenvalue weighted by Gasteiger charge is 2.24. The Balaban J connectivity index is 2.09. The first-order chi connectivity index (χ1) is 32.6. The van der Waals surface area contributed by atoms with E-state index in [0.717, 1.165) is 37.9 Å². The van der Waals surface area contributed by atoms with E-state index in [0.29, 0.717) is 38.6 Å². The van der Waals surface area contributed by atoms with Gasteiger partial charge in [0.15, 0.2) is 21.4 Å². The molecule has 0 spiro atoms. The lowest BCUT2D eigenvalue weighted by Gasteiger charge is -2.17. The van der Waals surface area contributed by atoms with E-state index in [2.05, 4.69) is 36.6 Å². The number of aryl methyl sites for hydroxylation is 1. The van der Waals surface area contributed by atoms with Crippen molar-refractivity contribution in [2.75, 3.05) is 44.5 Å². The summed E-state index contributed by atoms with van der Waals surface area (Å²) >= 11 is 0. The summed E-state index contributed by atoms with van der Waals surface area (Å²) in [4.78, 5) is 95.9. The van der Waals surface area contributed by atoms with Crippen molar-refractivity contribution in [3.05, 3.63) is 5.82 Å². The molecule has 22 heteroatoms. The number of carboxylic acid groups (broad SMARTS) is 2. The molecule has 1 rings (SSSR count). The molecule has 2 atom stereocenters. The van der Waals surface area contributed by atoms with Crippen LogP contribution < -0.4 is 16.0 Å². The molecule has 0 aliphatic rings. The van der Waals surface area contributed by atoms with E-state index in [1.165, 1.54) is 58.3 Å². The SMILES string of the molecule is CC(=O)COCCOCCCC(=O)CC[C@H](NC(=O)CC[C@H](NC(=O)CCCCCNC(=O)CCCS(=O)(=O)CC(=O)CCCCCCCCCCCCCCCc1nn[nH]n1)C(=O)O)C(=O)O. The predicted molar refractivity (Wildman–Crippen MR) is 251 cm³/mol. The normalized spacial score (nSPS) is 12.2. The molecule has 0 aliphatic carbocycles. The number of Topliss-reactive ketones (excluding diaryl/α,β-unsaturated/α-hetero) is 3.